The van der Waals surface area contributed by atoms with E-state index in [0.29, 0.717) is 37.1 Å². The Kier molecular flexibility index (Phi) is 8.05. The highest BCUT2D eigenvalue weighted by atomic mass is 28.4. The summed E-state index contributed by atoms with van der Waals surface area (Å²) >= 11 is 0. The van der Waals surface area contributed by atoms with Crippen molar-refractivity contribution in [1.82, 2.24) is 19.6 Å². The smallest absolute Gasteiger partial charge is 0.330 e. The molecule has 204 valence electrons. The first-order valence-corrected chi connectivity index (χ1v) is 16.0. The number of nitrogens with zero attached hydrogens (tertiary/aromatic N) is 5. The monoisotopic (exact) mass is 537 g/mol. The zero-order chi connectivity index (χ0) is 27.7. The van der Waals surface area contributed by atoms with Gasteiger partial charge < -0.3 is 18.8 Å². The van der Waals surface area contributed by atoms with Crippen LogP contribution >= 0.6 is 0 Å². The highest BCUT2D eigenvalue weighted by Gasteiger charge is 2.40. The molecular formula is C28H39N5O4Si. The molecule has 1 saturated heterocycles. The summed E-state index contributed by atoms with van der Waals surface area (Å²) in [5, 5.41) is 4.71. The van der Waals surface area contributed by atoms with E-state index in [1.54, 1.807) is 23.7 Å². The molecule has 4 rings (SSSR count). The molecule has 0 saturated carbocycles. The van der Waals surface area contributed by atoms with Crippen LogP contribution in [0.2, 0.25) is 18.1 Å². The fraction of sp³-hybridized carbons (Fsp3) is 0.500. The van der Waals surface area contributed by atoms with E-state index in [4.69, 9.17) is 18.9 Å². The number of fused-ring (bicyclic) bond motifs is 1. The summed E-state index contributed by atoms with van der Waals surface area (Å²) in [6.45, 7) is 15.4. The lowest BCUT2D eigenvalue weighted by Crippen LogP contribution is -2.42. The van der Waals surface area contributed by atoms with Gasteiger partial charge in [0.2, 0.25) is 5.95 Å². The normalized spacial score (nSPS) is 19.3. The topological polar surface area (TPSA) is 91.1 Å². The van der Waals surface area contributed by atoms with Crippen LogP contribution < -0.4 is 4.90 Å². The number of carbonyl (C=O) groups is 1. The third kappa shape index (κ3) is 5.82. The van der Waals surface area contributed by atoms with Crippen LogP contribution in [-0.4, -0.2) is 60.2 Å². The molecule has 2 aromatic heterocycles. The van der Waals surface area contributed by atoms with Crippen molar-refractivity contribution in [3.8, 4) is 0 Å². The Labute approximate surface area is 226 Å². The summed E-state index contributed by atoms with van der Waals surface area (Å²) < 4.78 is 20.0. The third-order valence-electron chi connectivity index (χ3n) is 7.44. The summed E-state index contributed by atoms with van der Waals surface area (Å²) in [6.07, 6.45) is 3.19. The van der Waals surface area contributed by atoms with Crippen molar-refractivity contribution in [2.24, 2.45) is 0 Å². The lowest BCUT2D eigenvalue weighted by atomic mass is 10.0. The Morgan fingerprint density at radius 2 is 1.95 bits per heavy atom. The molecule has 38 heavy (non-hydrogen) atoms. The number of carbonyl (C=O) groups excluding carboxylic acids is 1. The highest BCUT2D eigenvalue weighted by molar-refractivity contribution is 6.74. The number of benzene rings is 1. The largest absolute Gasteiger partial charge is 0.463 e. The molecule has 1 fully saturated rings. The minimum atomic E-state index is -2.01. The first-order valence-electron chi connectivity index (χ1n) is 13.1. The summed E-state index contributed by atoms with van der Waals surface area (Å²) in [4.78, 5) is 23.8. The molecule has 10 heteroatoms. The second-order valence-electron chi connectivity index (χ2n) is 11.2. The number of esters is 1. The molecule has 0 N–H and O–H groups in total. The van der Waals surface area contributed by atoms with Crippen LogP contribution in [0.25, 0.3) is 5.65 Å². The number of rotatable bonds is 8. The van der Waals surface area contributed by atoms with Crippen molar-refractivity contribution < 1.29 is 18.7 Å². The predicted octanol–water partition coefficient (Wildman–Crippen LogP) is 5.54. The molecule has 1 aliphatic rings. The number of para-hydroxylation sites is 1. The van der Waals surface area contributed by atoms with Crippen LogP contribution in [0, 0.1) is 6.92 Å². The zero-order valence-corrected chi connectivity index (χ0v) is 24.7. The van der Waals surface area contributed by atoms with E-state index in [1.165, 1.54) is 0 Å². The third-order valence-corrected chi connectivity index (χ3v) is 11.9. The van der Waals surface area contributed by atoms with Gasteiger partial charge in [-0.05, 0) is 49.7 Å². The van der Waals surface area contributed by atoms with Crippen molar-refractivity contribution in [1.29, 1.82) is 0 Å². The van der Waals surface area contributed by atoms with Gasteiger partial charge in [-0.15, -0.1) is 0 Å². The molecule has 0 amide bonds. The molecule has 0 bridgehead atoms. The molecular weight excluding hydrogens is 498 g/mol. The van der Waals surface area contributed by atoms with Gasteiger partial charge in [-0.1, -0.05) is 39.0 Å². The van der Waals surface area contributed by atoms with Crippen LogP contribution in [0.5, 0.6) is 0 Å². The lowest BCUT2D eigenvalue weighted by Gasteiger charge is -2.37. The Bertz CT molecular complexity index is 1320. The van der Waals surface area contributed by atoms with E-state index in [-0.39, 0.29) is 23.2 Å². The van der Waals surface area contributed by atoms with E-state index < -0.39 is 8.32 Å². The van der Waals surface area contributed by atoms with Gasteiger partial charge in [0.05, 0.1) is 25.5 Å². The molecule has 1 aromatic carbocycles. The maximum Gasteiger partial charge on any atom is 0.330 e. The van der Waals surface area contributed by atoms with Gasteiger partial charge in [0.25, 0.3) is 0 Å². The number of aromatic nitrogens is 4. The van der Waals surface area contributed by atoms with Gasteiger partial charge in [0.1, 0.15) is 11.9 Å². The average Bonchev–Trinajstić information content (AvgIpc) is 3.45. The second kappa shape index (κ2) is 11.0. The summed E-state index contributed by atoms with van der Waals surface area (Å²) in [6, 6.07) is 10.00. The minimum Gasteiger partial charge on any atom is -0.463 e. The fourth-order valence-corrected chi connectivity index (χ4v) is 5.19. The van der Waals surface area contributed by atoms with Crippen LogP contribution in [0.4, 0.5) is 11.6 Å². The van der Waals surface area contributed by atoms with E-state index in [9.17, 15) is 4.79 Å². The lowest BCUT2D eigenvalue weighted by molar-refractivity contribution is -0.137. The van der Waals surface area contributed by atoms with Gasteiger partial charge in [-0.3, -0.25) is 0 Å². The Morgan fingerprint density at radius 3 is 2.61 bits per heavy atom. The Morgan fingerprint density at radius 1 is 1.24 bits per heavy atom. The summed E-state index contributed by atoms with van der Waals surface area (Å²) in [7, 11) is -0.0582. The predicted molar refractivity (Wildman–Crippen MR) is 150 cm³/mol. The standard InChI is InChI=1S/C28H39N5O4Si/c1-9-35-25(34)16-20-15-23(37-24(20)18-36-38(7,8)28(3,4)5)22-17-29-33-26(22)30-19(2)31-27(33)32(6)21-13-11-10-12-14-21/h10-14,16-17,23-24H,9,15,18H2,1-8H3/b20-16-/t23-,24-/m1/s1. The van der Waals surface area contributed by atoms with Crippen molar-refractivity contribution >= 4 is 31.6 Å². The molecule has 3 aromatic rings. The number of ether oxygens (including phenoxy) is 2. The molecule has 9 nitrogen and oxygen atoms in total. The van der Waals surface area contributed by atoms with Crippen LogP contribution in [0.3, 0.4) is 0 Å². The van der Waals surface area contributed by atoms with Gasteiger partial charge in [-0.2, -0.15) is 14.6 Å². The van der Waals surface area contributed by atoms with Crippen molar-refractivity contribution in [2.75, 3.05) is 25.2 Å². The van der Waals surface area contributed by atoms with Crippen LogP contribution in [-0.2, 0) is 18.7 Å². The number of hydrogen-bond acceptors (Lipinski definition) is 8. The van der Waals surface area contributed by atoms with Crippen molar-refractivity contribution in [3.05, 3.63) is 59.6 Å². The van der Waals surface area contributed by atoms with Gasteiger partial charge in [-0.25, -0.2) is 9.78 Å². The quantitative estimate of drug-likeness (QED) is 0.210. The number of hydrogen-bond donors (Lipinski definition) is 0. The number of anilines is 2. The molecule has 0 aliphatic carbocycles. The molecule has 1 aliphatic heterocycles. The Balaban J connectivity index is 1.66. The van der Waals surface area contributed by atoms with Gasteiger partial charge in [0, 0.05) is 30.8 Å². The highest BCUT2D eigenvalue weighted by Crippen LogP contribution is 2.41. The second-order valence-corrected chi connectivity index (χ2v) is 16.0. The zero-order valence-electron chi connectivity index (χ0n) is 23.7. The van der Waals surface area contributed by atoms with Crippen molar-refractivity contribution in [2.45, 2.75) is 71.4 Å². The van der Waals surface area contributed by atoms with E-state index in [0.717, 1.165) is 16.8 Å². The minimum absolute atomic E-state index is 0.0636. The molecule has 0 unspecified atom stereocenters. The van der Waals surface area contributed by atoms with Gasteiger partial charge >= 0.3 is 5.97 Å². The fourth-order valence-electron chi connectivity index (χ4n) is 4.19. The molecule has 0 spiro atoms. The first-order chi connectivity index (χ1) is 17.9. The molecule has 2 atom stereocenters. The molecule has 3 heterocycles. The maximum absolute atomic E-state index is 12.4. The average molecular weight is 538 g/mol. The van der Waals surface area contributed by atoms with E-state index in [1.807, 2.05) is 49.2 Å². The number of aryl methyl sites for hydroxylation is 1. The van der Waals surface area contributed by atoms with E-state index in [2.05, 4.69) is 43.9 Å². The summed E-state index contributed by atoms with van der Waals surface area (Å²) in [5.74, 6) is 0.923. The van der Waals surface area contributed by atoms with Gasteiger partial charge in [0.15, 0.2) is 14.0 Å². The maximum atomic E-state index is 12.4. The first kappa shape index (κ1) is 27.9. The van der Waals surface area contributed by atoms with Crippen LogP contribution in [0.15, 0.2) is 48.2 Å². The van der Waals surface area contributed by atoms with E-state index >= 15 is 0 Å². The Hall–Kier alpha value is -3.08. The summed E-state index contributed by atoms with van der Waals surface area (Å²) in [5.41, 5.74) is 3.38. The molecule has 0 radical (unpaired) electrons. The van der Waals surface area contributed by atoms with Crippen LogP contribution in [0.1, 0.15) is 51.6 Å². The van der Waals surface area contributed by atoms with Crippen molar-refractivity contribution in [3.63, 3.8) is 0 Å². The SMILES string of the molecule is CCOC(=O)/C=C1/C[C@H](c2cnn3c(N(C)c4ccccc4)nc(C)nc23)O[C@@H]1CO[Si](C)(C)C(C)(C)C.